The monoisotopic (exact) mass is 351 g/mol. The lowest BCUT2D eigenvalue weighted by atomic mass is 10.0. The molecule has 0 radical (unpaired) electrons. The summed E-state index contributed by atoms with van der Waals surface area (Å²) in [6.45, 7) is 4.36. The fourth-order valence-corrected chi connectivity index (χ4v) is 3.46. The third kappa shape index (κ3) is 10.3. The Bertz CT molecular complexity index is 416. The molecule has 1 heterocycles. The van der Waals surface area contributed by atoms with Crippen LogP contribution in [0.15, 0.2) is 12.3 Å². The molecule has 0 amide bonds. The van der Waals surface area contributed by atoms with Crippen LogP contribution in [0.25, 0.3) is 0 Å². The summed E-state index contributed by atoms with van der Waals surface area (Å²) in [5, 5.41) is 0.852. The summed E-state index contributed by atoms with van der Waals surface area (Å²) in [5.74, 6) is 0. The zero-order chi connectivity index (χ0) is 17.5. The summed E-state index contributed by atoms with van der Waals surface area (Å²) in [6, 6.07) is 1.88. The molecule has 24 heavy (non-hydrogen) atoms. The second-order valence-electron chi connectivity index (χ2n) is 7.21. The van der Waals surface area contributed by atoms with Crippen LogP contribution >= 0.6 is 11.6 Å². The highest BCUT2D eigenvalue weighted by Gasteiger charge is 2.03. The summed E-state index contributed by atoms with van der Waals surface area (Å²) < 4.78 is 0. The van der Waals surface area contributed by atoms with Gasteiger partial charge >= 0.3 is 0 Å². The first-order valence-electron chi connectivity index (χ1n) is 10.4. The molecule has 1 nitrogen and oxygen atoms in total. The lowest BCUT2D eigenvalue weighted by Crippen LogP contribution is -1.95. The summed E-state index contributed by atoms with van der Waals surface area (Å²) >= 11 is 6.14. The number of halogens is 1. The van der Waals surface area contributed by atoms with Crippen LogP contribution in [0.5, 0.6) is 0 Å². The molecule has 0 aliphatic rings. The Labute approximate surface area is 155 Å². The van der Waals surface area contributed by atoms with E-state index < -0.39 is 0 Å². The van der Waals surface area contributed by atoms with E-state index in [1.807, 2.05) is 12.3 Å². The average molecular weight is 352 g/mol. The van der Waals surface area contributed by atoms with Gasteiger partial charge in [0, 0.05) is 16.9 Å². The predicted molar refractivity (Wildman–Crippen MR) is 108 cm³/mol. The molecule has 1 aromatic heterocycles. The molecule has 1 aromatic rings. The number of nitrogens with zero attached hydrogens (tertiary/aromatic N) is 1. The van der Waals surface area contributed by atoms with E-state index in [0.29, 0.717) is 0 Å². The molecule has 0 aliphatic carbocycles. The van der Waals surface area contributed by atoms with Crippen molar-refractivity contribution in [3.63, 3.8) is 0 Å². The molecular weight excluding hydrogens is 314 g/mol. The number of rotatable bonds is 15. The maximum Gasteiger partial charge on any atom is 0.0468 e. The van der Waals surface area contributed by atoms with Gasteiger partial charge in [-0.3, -0.25) is 4.98 Å². The zero-order valence-corrected chi connectivity index (χ0v) is 16.8. The smallest absolute Gasteiger partial charge is 0.0468 e. The Balaban J connectivity index is 1.85. The van der Waals surface area contributed by atoms with Crippen molar-refractivity contribution in [1.29, 1.82) is 0 Å². The van der Waals surface area contributed by atoms with E-state index in [2.05, 4.69) is 18.8 Å². The molecule has 0 spiro atoms. The summed E-state index contributed by atoms with van der Waals surface area (Å²) in [5.41, 5.74) is 2.34. The zero-order valence-electron chi connectivity index (χ0n) is 16.1. The molecule has 0 unspecified atom stereocenters. The molecule has 0 bridgehead atoms. The van der Waals surface area contributed by atoms with Crippen LogP contribution < -0.4 is 0 Å². The van der Waals surface area contributed by atoms with E-state index in [4.69, 9.17) is 11.6 Å². The normalized spacial score (nSPS) is 11.1. The van der Waals surface area contributed by atoms with Crippen molar-refractivity contribution < 1.29 is 0 Å². The summed E-state index contributed by atoms with van der Waals surface area (Å²) in [7, 11) is 0. The Morgan fingerprint density at radius 1 is 0.750 bits per heavy atom. The number of hydrogen-bond acceptors (Lipinski definition) is 1. The Hall–Kier alpha value is -0.560. The largest absolute Gasteiger partial charge is 0.261 e. The Kier molecular flexibility index (Phi) is 13.2. The quantitative estimate of drug-likeness (QED) is 0.291. The van der Waals surface area contributed by atoms with Crippen LogP contribution in [0.3, 0.4) is 0 Å². The minimum Gasteiger partial charge on any atom is -0.261 e. The maximum atomic E-state index is 6.14. The number of aryl methyl sites for hydroxylation is 1. The summed E-state index contributed by atoms with van der Waals surface area (Å²) in [4.78, 5) is 4.45. The van der Waals surface area contributed by atoms with Gasteiger partial charge in [0.05, 0.1) is 0 Å². The van der Waals surface area contributed by atoms with Crippen LogP contribution in [0.4, 0.5) is 0 Å². The highest BCUT2D eigenvalue weighted by atomic mass is 35.5. The standard InChI is InChI=1S/C22H38ClN/c1-3-4-5-6-7-8-9-10-11-12-13-14-15-16-17-22-20(2)21(23)18-19-24-22/h18-19H,3-17H2,1-2H3. The third-order valence-corrected chi connectivity index (χ3v) is 5.42. The predicted octanol–water partition coefficient (Wildman–Crippen LogP) is 8.07. The average Bonchev–Trinajstić information content (AvgIpc) is 2.58. The first kappa shape index (κ1) is 21.5. The van der Waals surface area contributed by atoms with Gasteiger partial charge in [-0.05, 0) is 31.4 Å². The van der Waals surface area contributed by atoms with Crippen LogP contribution in [0.2, 0.25) is 5.02 Å². The van der Waals surface area contributed by atoms with Crippen molar-refractivity contribution in [2.75, 3.05) is 0 Å². The van der Waals surface area contributed by atoms with Crippen molar-refractivity contribution in [2.24, 2.45) is 0 Å². The van der Waals surface area contributed by atoms with E-state index >= 15 is 0 Å². The van der Waals surface area contributed by atoms with Gasteiger partial charge in [0.1, 0.15) is 0 Å². The molecule has 0 aromatic carbocycles. The maximum absolute atomic E-state index is 6.14. The van der Waals surface area contributed by atoms with Gasteiger partial charge < -0.3 is 0 Å². The first-order valence-corrected chi connectivity index (χ1v) is 10.7. The lowest BCUT2D eigenvalue weighted by Gasteiger charge is -2.06. The van der Waals surface area contributed by atoms with Gasteiger partial charge in [-0.15, -0.1) is 0 Å². The van der Waals surface area contributed by atoms with Gasteiger partial charge in [0.15, 0.2) is 0 Å². The second-order valence-corrected chi connectivity index (χ2v) is 7.62. The fourth-order valence-electron chi connectivity index (χ4n) is 3.29. The number of hydrogen-bond donors (Lipinski definition) is 0. The van der Waals surface area contributed by atoms with E-state index in [0.717, 1.165) is 17.0 Å². The van der Waals surface area contributed by atoms with E-state index in [-0.39, 0.29) is 0 Å². The van der Waals surface area contributed by atoms with Gasteiger partial charge in [-0.25, -0.2) is 0 Å². The number of unbranched alkanes of at least 4 members (excludes halogenated alkanes) is 13. The molecular formula is C22H38ClN. The van der Waals surface area contributed by atoms with Gasteiger partial charge in [-0.2, -0.15) is 0 Å². The molecule has 0 atom stereocenters. The van der Waals surface area contributed by atoms with Gasteiger partial charge in [-0.1, -0.05) is 102 Å². The molecule has 0 fully saturated rings. The first-order chi connectivity index (χ1) is 11.8. The highest BCUT2D eigenvalue weighted by Crippen LogP contribution is 2.19. The molecule has 0 aliphatic heterocycles. The fraction of sp³-hybridized carbons (Fsp3) is 0.773. The van der Waals surface area contributed by atoms with E-state index in [1.165, 1.54) is 95.6 Å². The molecule has 0 N–H and O–H groups in total. The second kappa shape index (κ2) is 14.8. The minimum absolute atomic E-state index is 0.852. The molecule has 0 saturated heterocycles. The Morgan fingerprint density at radius 3 is 1.71 bits per heavy atom. The molecule has 1 rings (SSSR count). The van der Waals surface area contributed by atoms with Crippen molar-refractivity contribution in [3.05, 3.63) is 28.5 Å². The highest BCUT2D eigenvalue weighted by molar-refractivity contribution is 6.31. The number of aromatic nitrogens is 1. The van der Waals surface area contributed by atoms with Crippen molar-refractivity contribution in [2.45, 2.75) is 110 Å². The van der Waals surface area contributed by atoms with Gasteiger partial charge in [0.25, 0.3) is 0 Å². The third-order valence-electron chi connectivity index (χ3n) is 5.01. The summed E-state index contributed by atoms with van der Waals surface area (Å²) in [6.07, 6.45) is 22.6. The Morgan fingerprint density at radius 2 is 1.21 bits per heavy atom. The van der Waals surface area contributed by atoms with E-state index in [9.17, 15) is 0 Å². The molecule has 138 valence electrons. The van der Waals surface area contributed by atoms with Crippen LogP contribution in [-0.2, 0) is 6.42 Å². The molecule has 2 heteroatoms. The van der Waals surface area contributed by atoms with Crippen molar-refractivity contribution in [1.82, 2.24) is 4.98 Å². The van der Waals surface area contributed by atoms with Crippen LogP contribution in [0.1, 0.15) is 108 Å². The SMILES string of the molecule is CCCCCCCCCCCCCCCCc1nccc(Cl)c1C. The van der Waals surface area contributed by atoms with Crippen LogP contribution in [-0.4, -0.2) is 4.98 Å². The van der Waals surface area contributed by atoms with Crippen molar-refractivity contribution in [3.8, 4) is 0 Å². The van der Waals surface area contributed by atoms with Crippen LogP contribution in [0, 0.1) is 6.92 Å². The minimum atomic E-state index is 0.852. The lowest BCUT2D eigenvalue weighted by molar-refractivity contribution is 0.535. The topological polar surface area (TPSA) is 12.9 Å². The van der Waals surface area contributed by atoms with Gasteiger partial charge in [0.2, 0.25) is 0 Å². The number of pyridine rings is 1. The van der Waals surface area contributed by atoms with E-state index in [1.54, 1.807) is 0 Å². The van der Waals surface area contributed by atoms with Crippen molar-refractivity contribution >= 4 is 11.6 Å². The molecule has 0 saturated carbocycles.